The molecule has 2 N–H and O–H groups in total. The number of aryl methyl sites for hydroxylation is 1. The molecule has 1 heterocycles. The van der Waals surface area contributed by atoms with Crippen LogP contribution in [-0.2, 0) is 0 Å². The largest absolute Gasteiger partial charge is 0.491 e. The van der Waals surface area contributed by atoms with Gasteiger partial charge in [0.2, 0.25) is 0 Å². The lowest BCUT2D eigenvalue weighted by molar-refractivity contribution is 0.100. The van der Waals surface area contributed by atoms with Crippen molar-refractivity contribution in [3.8, 4) is 17.0 Å². The van der Waals surface area contributed by atoms with Crippen molar-refractivity contribution in [3.63, 3.8) is 0 Å². The maximum Gasteiger partial charge on any atom is 0.119 e. The Bertz CT molecular complexity index is 590. The molecule has 1 unspecified atom stereocenters. The van der Waals surface area contributed by atoms with Gasteiger partial charge in [-0.2, -0.15) is 0 Å². The van der Waals surface area contributed by atoms with Crippen molar-refractivity contribution < 1.29 is 9.84 Å². The first-order valence-corrected chi connectivity index (χ1v) is 8.08. The van der Waals surface area contributed by atoms with E-state index in [-0.39, 0.29) is 12.1 Å². The molecule has 6 heteroatoms. The van der Waals surface area contributed by atoms with Crippen LogP contribution >= 0.6 is 11.5 Å². The lowest BCUT2D eigenvalue weighted by Crippen LogP contribution is -2.42. The van der Waals surface area contributed by atoms with Crippen molar-refractivity contribution >= 4 is 11.5 Å². The molecule has 0 saturated heterocycles. The second-order valence-electron chi connectivity index (χ2n) is 6.30. The predicted molar refractivity (Wildman–Crippen MR) is 89.3 cm³/mol. The Morgan fingerprint density at radius 1 is 1.27 bits per heavy atom. The molecule has 1 aromatic heterocycles. The third kappa shape index (κ3) is 5.05. The number of nitrogens with zero attached hydrogens (tertiary/aromatic N) is 2. The van der Waals surface area contributed by atoms with Gasteiger partial charge in [-0.3, -0.25) is 0 Å². The molecule has 0 spiro atoms. The van der Waals surface area contributed by atoms with Gasteiger partial charge in [-0.05, 0) is 63.5 Å². The van der Waals surface area contributed by atoms with E-state index in [4.69, 9.17) is 4.74 Å². The molecular weight excluding hydrogens is 298 g/mol. The lowest BCUT2D eigenvalue weighted by atomic mass is 10.1. The van der Waals surface area contributed by atoms with Crippen LogP contribution in [0, 0.1) is 6.92 Å². The van der Waals surface area contributed by atoms with Gasteiger partial charge in [0.1, 0.15) is 24.2 Å². The Balaban J connectivity index is 1.85. The van der Waals surface area contributed by atoms with Gasteiger partial charge in [0, 0.05) is 17.6 Å². The second kappa shape index (κ2) is 7.17. The summed E-state index contributed by atoms with van der Waals surface area (Å²) in [4.78, 5) is 1.09. The third-order valence-corrected chi connectivity index (χ3v) is 3.72. The van der Waals surface area contributed by atoms with Gasteiger partial charge in [-0.1, -0.05) is 4.49 Å². The minimum absolute atomic E-state index is 0.0118. The SMILES string of the molecule is Cc1snnc1-c1ccc(OCC(O)CNC(C)(C)C)cc1. The highest BCUT2D eigenvalue weighted by Gasteiger charge is 2.13. The Hall–Kier alpha value is -1.50. The summed E-state index contributed by atoms with van der Waals surface area (Å²) in [6, 6.07) is 7.69. The van der Waals surface area contributed by atoms with Crippen LogP contribution in [0.3, 0.4) is 0 Å². The summed E-state index contributed by atoms with van der Waals surface area (Å²) in [5, 5.41) is 17.3. The molecule has 0 aliphatic rings. The lowest BCUT2D eigenvalue weighted by Gasteiger charge is -2.22. The maximum absolute atomic E-state index is 9.91. The van der Waals surface area contributed by atoms with Gasteiger partial charge in [-0.15, -0.1) is 5.10 Å². The summed E-state index contributed by atoms with van der Waals surface area (Å²) in [7, 11) is 0. The van der Waals surface area contributed by atoms with Crippen molar-refractivity contribution in [3.05, 3.63) is 29.1 Å². The number of ether oxygens (including phenoxy) is 1. The first kappa shape index (κ1) is 16.9. The number of aliphatic hydroxyl groups is 1. The van der Waals surface area contributed by atoms with Gasteiger partial charge >= 0.3 is 0 Å². The van der Waals surface area contributed by atoms with Gasteiger partial charge < -0.3 is 15.2 Å². The normalized spacial score (nSPS) is 13.1. The minimum Gasteiger partial charge on any atom is -0.491 e. The number of benzene rings is 1. The van der Waals surface area contributed by atoms with Gasteiger partial charge in [0.15, 0.2) is 0 Å². The molecule has 0 radical (unpaired) electrons. The van der Waals surface area contributed by atoms with Crippen molar-refractivity contribution in [2.24, 2.45) is 0 Å². The molecule has 0 bridgehead atoms. The number of rotatable bonds is 6. The fourth-order valence-corrected chi connectivity index (χ4v) is 2.37. The molecule has 2 aromatic rings. The van der Waals surface area contributed by atoms with Gasteiger partial charge in [0.25, 0.3) is 0 Å². The average molecular weight is 321 g/mol. The highest BCUT2D eigenvalue weighted by atomic mass is 32.1. The Labute approximate surface area is 135 Å². The van der Waals surface area contributed by atoms with Crippen molar-refractivity contribution in [1.82, 2.24) is 14.9 Å². The van der Waals surface area contributed by atoms with E-state index in [0.717, 1.165) is 21.9 Å². The van der Waals surface area contributed by atoms with Gasteiger partial charge in [-0.25, -0.2) is 0 Å². The second-order valence-corrected chi connectivity index (χ2v) is 7.26. The number of β-amino-alcohol motifs (C(OH)–C–C–N with tert-alkyl or cyclic N) is 1. The van der Waals surface area contributed by atoms with E-state index in [9.17, 15) is 5.11 Å². The zero-order valence-electron chi connectivity index (χ0n) is 13.5. The predicted octanol–water partition coefficient (Wildman–Crippen LogP) is 2.64. The molecule has 1 aromatic carbocycles. The molecule has 0 aliphatic carbocycles. The Kier molecular flexibility index (Phi) is 5.50. The number of hydrogen-bond acceptors (Lipinski definition) is 6. The monoisotopic (exact) mass is 321 g/mol. The third-order valence-electron chi connectivity index (χ3n) is 3.09. The topological polar surface area (TPSA) is 67.3 Å². The van der Waals surface area contributed by atoms with Crippen LogP contribution in [0.2, 0.25) is 0 Å². The molecule has 0 saturated carbocycles. The number of hydrogen-bond donors (Lipinski definition) is 2. The van der Waals surface area contributed by atoms with E-state index in [1.54, 1.807) is 0 Å². The zero-order valence-corrected chi connectivity index (χ0v) is 14.3. The van der Waals surface area contributed by atoms with Crippen LogP contribution in [-0.4, -0.2) is 39.5 Å². The Morgan fingerprint density at radius 2 is 1.95 bits per heavy atom. The standard InChI is InChI=1S/C16H23N3O2S/c1-11-15(18-19-22-11)12-5-7-14(8-6-12)21-10-13(20)9-17-16(2,3)4/h5-8,13,17,20H,9-10H2,1-4H3. The molecule has 22 heavy (non-hydrogen) atoms. The highest BCUT2D eigenvalue weighted by Crippen LogP contribution is 2.24. The number of nitrogens with one attached hydrogen (secondary N) is 1. The highest BCUT2D eigenvalue weighted by molar-refractivity contribution is 7.05. The van der Waals surface area contributed by atoms with E-state index in [2.05, 4.69) is 35.7 Å². The van der Waals surface area contributed by atoms with Crippen LogP contribution < -0.4 is 10.1 Å². The molecule has 0 fully saturated rings. The zero-order chi connectivity index (χ0) is 16.2. The van der Waals surface area contributed by atoms with E-state index in [1.807, 2.05) is 31.2 Å². The van der Waals surface area contributed by atoms with E-state index < -0.39 is 6.10 Å². The first-order valence-electron chi connectivity index (χ1n) is 7.30. The number of aliphatic hydroxyl groups excluding tert-OH is 1. The molecule has 5 nitrogen and oxygen atoms in total. The smallest absolute Gasteiger partial charge is 0.119 e. The molecule has 120 valence electrons. The van der Waals surface area contributed by atoms with Crippen molar-refractivity contribution in [2.45, 2.75) is 39.3 Å². The van der Waals surface area contributed by atoms with E-state index >= 15 is 0 Å². The van der Waals surface area contributed by atoms with Crippen LogP contribution in [0.25, 0.3) is 11.3 Å². The fourth-order valence-electron chi connectivity index (χ4n) is 1.88. The molecular formula is C16H23N3O2S. The maximum atomic E-state index is 9.91. The first-order chi connectivity index (χ1) is 10.3. The summed E-state index contributed by atoms with van der Waals surface area (Å²) in [5.74, 6) is 0.736. The van der Waals surface area contributed by atoms with Gasteiger partial charge in [0.05, 0.1) is 4.88 Å². The van der Waals surface area contributed by atoms with Crippen LogP contribution in [0.5, 0.6) is 5.75 Å². The summed E-state index contributed by atoms with van der Waals surface area (Å²) >= 11 is 1.39. The number of aromatic nitrogens is 2. The van der Waals surface area contributed by atoms with Crippen molar-refractivity contribution in [1.29, 1.82) is 0 Å². The molecule has 2 rings (SSSR count). The van der Waals surface area contributed by atoms with E-state index in [1.165, 1.54) is 11.5 Å². The van der Waals surface area contributed by atoms with E-state index in [0.29, 0.717) is 6.54 Å². The van der Waals surface area contributed by atoms with Crippen LogP contribution in [0.15, 0.2) is 24.3 Å². The molecule has 0 aliphatic heterocycles. The fraction of sp³-hybridized carbons (Fsp3) is 0.500. The summed E-state index contributed by atoms with van der Waals surface area (Å²) in [6.45, 7) is 8.96. The molecule has 0 amide bonds. The summed E-state index contributed by atoms with van der Waals surface area (Å²) in [5.41, 5.74) is 1.92. The molecule has 1 atom stereocenters. The summed E-state index contributed by atoms with van der Waals surface area (Å²) < 4.78 is 9.55. The average Bonchev–Trinajstić information content (AvgIpc) is 2.89. The van der Waals surface area contributed by atoms with Crippen LogP contribution in [0.4, 0.5) is 0 Å². The quantitative estimate of drug-likeness (QED) is 0.856. The van der Waals surface area contributed by atoms with Crippen LogP contribution in [0.1, 0.15) is 25.6 Å². The summed E-state index contributed by atoms with van der Waals surface area (Å²) in [6.07, 6.45) is -0.538. The minimum atomic E-state index is -0.538. The Morgan fingerprint density at radius 3 is 2.50 bits per heavy atom. The van der Waals surface area contributed by atoms with Crippen molar-refractivity contribution in [2.75, 3.05) is 13.2 Å².